The van der Waals surface area contributed by atoms with Gasteiger partial charge in [0.05, 0.1) is 25.0 Å². The standard InChI is InChI=1S/C11H22N4O/c1-7(2)8(3)10(14-12)11-9(16-5)6-13-15(11)4/h6-8,10,14H,12H2,1-5H3. The molecule has 1 heterocycles. The Labute approximate surface area is 96.9 Å². The normalized spacial score (nSPS) is 15.2. The van der Waals surface area contributed by atoms with E-state index in [9.17, 15) is 0 Å². The lowest BCUT2D eigenvalue weighted by atomic mass is 9.88. The van der Waals surface area contributed by atoms with Crippen molar-refractivity contribution in [3.05, 3.63) is 11.9 Å². The zero-order valence-corrected chi connectivity index (χ0v) is 10.7. The molecule has 92 valence electrons. The lowest BCUT2D eigenvalue weighted by Crippen LogP contribution is -2.36. The van der Waals surface area contributed by atoms with Gasteiger partial charge in [0.2, 0.25) is 0 Å². The summed E-state index contributed by atoms with van der Waals surface area (Å²) in [6, 6.07) is 0.0439. The van der Waals surface area contributed by atoms with E-state index in [2.05, 4.69) is 31.3 Å². The van der Waals surface area contributed by atoms with E-state index in [1.165, 1.54) is 0 Å². The average molecular weight is 226 g/mol. The van der Waals surface area contributed by atoms with Crippen molar-refractivity contribution < 1.29 is 4.74 Å². The summed E-state index contributed by atoms with van der Waals surface area (Å²) in [7, 11) is 3.55. The molecule has 16 heavy (non-hydrogen) atoms. The number of hydrazine groups is 1. The first-order valence-corrected chi connectivity index (χ1v) is 5.54. The van der Waals surface area contributed by atoms with Gasteiger partial charge in [0.1, 0.15) is 0 Å². The van der Waals surface area contributed by atoms with Gasteiger partial charge in [-0.05, 0) is 11.8 Å². The predicted octanol–water partition coefficient (Wildman–Crippen LogP) is 1.23. The third-order valence-corrected chi connectivity index (χ3v) is 3.22. The highest BCUT2D eigenvalue weighted by molar-refractivity contribution is 5.28. The van der Waals surface area contributed by atoms with E-state index < -0.39 is 0 Å². The fourth-order valence-electron chi connectivity index (χ4n) is 1.80. The number of hydrogen-bond donors (Lipinski definition) is 2. The molecule has 1 aromatic rings. The summed E-state index contributed by atoms with van der Waals surface area (Å²) in [5.41, 5.74) is 3.85. The molecule has 3 N–H and O–H groups in total. The van der Waals surface area contributed by atoms with E-state index >= 15 is 0 Å². The SMILES string of the molecule is COc1cnn(C)c1C(NN)C(C)C(C)C. The summed E-state index contributed by atoms with van der Waals surface area (Å²) >= 11 is 0. The van der Waals surface area contributed by atoms with Gasteiger partial charge in [0, 0.05) is 7.05 Å². The monoisotopic (exact) mass is 226 g/mol. The van der Waals surface area contributed by atoms with Crippen LogP contribution in [-0.4, -0.2) is 16.9 Å². The van der Waals surface area contributed by atoms with Gasteiger partial charge in [-0.1, -0.05) is 20.8 Å². The summed E-state index contributed by atoms with van der Waals surface area (Å²) in [4.78, 5) is 0. The summed E-state index contributed by atoms with van der Waals surface area (Å²) < 4.78 is 7.11. The fraction of sp³-hybridized carbons (Fsp3) is 0.727. The molecule has 0 bridgehead atoms. The lowest BCUT2D eigenvalue weighted by molar-refractivity contribution is 0.285. The van der Waals surface area contributed by atoms with Gasteiger partial charge in [-0.3, -0.25) is 16.0 Å². The molecule has 0 amide bonds. The van der Waals surface area contributed by atoms with E-state index in [4.69, 9.17) is 10.6 Å². The molecule has 0 saturated heterocycles. The van der Waals surface area contributed by atoms with Crippen LogP contribution in [-0.2, 0) is 7.05 Å². The molecule has 1 aromatic heterocycles. The average Bonchev–Trinajstić information content (AvgIpc) is 2.61. The second-order valence-corrected chi connectivity index (χ2v) is 4.47. The minimum Gasteiger partial charge on any atom is -0.493 e. The Kier molecular flexibility index (Phi) is 4.32. The molecule has 5 nitrogen and oxygen atoms in total. The van der Waals surface area contributed by atoms with Crippen LogP contribution in [0.4, 0.5) is 0 Å². The molecule has 0 spiro atoms. The predicted molar refractivity (Wildman–Crippen MR) is 63.8 cm³/mol. The molecular formula is C11H22N4O. The molecule has 0 fully saturated rings. The molecule has 0 aliphatic heterocycles. The fourth-order valence-corrected chi connectivity index (χ4v) is 1.80. The Morgan fingerprint density at radius 1 is 1.44 bits per heavy atom. The quantitative estimate of drug-likeness (QED) is 0.585. The van der Waals surface area contributed by atoms with E-state index in [1.807, 2.05) is 11.7 Å². The van der Waals surface area contributed by atoms with E-state index in [-0.39, 0.29) is 6.04 Å². The van der Waals surface area contributed by atoms with Crippen molar-refractivity contribution in [2.45, 2.75) is 26.8 Å². The van der Waals surface area contributed by atoms with Gasteiger partial charge in [-0.2, -0.15) is 5.10 Å². The molecule has 0 aromatic carbocycles. The number of methoxy groups -OCH3 is 1. The molecule has 5 heteroatoms. The van der Waals surface area contributed by atoms with Crippen LogP contribution in [0.2, 0.25) is 0 Å². The summed E-state index contributed by atoms with van der Waals surface area (Å²) in [5, 5.41) is 4.19. The lowest BCUT2D eigenvalue weighted by Gasteiger charge is -2.27. The third kappa shape index (κ3) is 2.36. The maximum Gasteiger partial charge on any atom is 0.161 e. The number of ether oxygens (including phenoxy) is 1. The molecule has 1 rings (SSSR count). The summed E-state index contributed by atoms with van der Waals surface area (Å²) in [5.74, 6) is 7.35. The highest BCUT2D eigenvalue weighted by atomic mass is 16.5. The maximum absolute atomic E-state index is 5.65. The Balaban J connectivity index is 3.07. The number of nitrogens with two attached hydrogens (primary N) is 1. The minimum absolute atomic E-state index is 0.0439. The van der Waals surface area contributed by atoms with Crippen LogP contribution in [0.15, 0.2) is 6.20 Å². The van der Waals surface area contributed by atoms with Crippen molar-refractivity contribution in [1.82, 2.24) is 15.2 Å². The first-order valence-electron chi connectivity index (χ1n) is 5.54. The number of nitrogens with zero attached hydrogens (tertiary/aromatic N) is 2. The van der Waals surface area contributed by atoms with Crippen LogP contribution in [0.25, 0.3) is 0 Å². The Hall–Kier alpha value is -1.07. The van der Waals surface area contributed by atoms with Crippen LogP contribution >= 0.6 is 0 Å². The molecule has 0 aliphatic carbocycles. The Bertz CT molecular complexity index is 335. The van der Waals surface area contributed by atoms with E-state index in [1.54, 1.807) is 13.3 Å². The number of nitrogens with one attached hydrogen (secondary N) is 1. The van der Waals surface area contributed by atoms with Crippen LogP contribution in [0.3, 0.4) is 0 Å². The van der Waals surface area contributed by atoms with E-state index in [0.717, 1.165) is 11.4 Å². The van der Waals surface area contributed by atoms with Crippen LogP contribution in [0.1, 0.15) is 32.5 Å². The summed E-state index contributed by atoms with van der Waals surface area (Å²) in [6.07, 6.45) is 1.72. The minimum atomic E-state index is 0.0439. The number of aromatic nitrogens is 2. The van der Waals surface area contributed by atoms with Crippen molar-refractivity contribution in [3.63, 3.8) is 0 Å². The smallest absolute Gasteiger partial charge is 0.161 e. The first kappa shape index (κ1) is 13.0. The highest BCUT2D eigenvalue weighted by Crippen LogP contribution is 2.32. The largest absolute Gasteiger partial charge is 0.493 e. The molecule has 2 unspecified atom stereocenters. The highest BCUT2D eigenvalue weighted by Gasteiger charge is 2.26. The number of aryl methyl sites for hydroxylation is 1. The van der Waals surface area contributed by atoms with Crippen molar-refractivity contribution in [2.24, 2.45) is 24.7 Å². The van der Waals surface area contributed by atoms with Gasteiger partial charge in [0.25, 0.3) is 0 Å². The molecule has 0 aliphatic rings. The van der Waals surface area contributed by atoms with Crippen molar-refractivity contribution in [3.8, 4) is 5.75 Å². The van der Waals surface area contributed by atoms with Crippen molar-refractivity contribution >= 4 is 0 Å². The Morgan fingerprint density at radius 3 is 2.50 bits per heavy atom. The molecule has 2 atom stereocenters. The van der Waals surface area contributed by atoms with Crippen molar-refractivity contribution in [1.29, 1.82) is 0 Å². The van der Waals surface area contributed by atoms with Gasteiger partial charge in [0.15, 0.2) is 5.75 Å². The number of rotatable bonds is 5. The first-order chi connectivity index (χ1) is 7.52. The molecule has 0 radical (unpaired) electrons. The molecule has 0 saturated carbocycles. The molecular weight excluding hydrogens is 204 g/mol. The van der Waals surface area contributed by atoms with E-state index in [0.29, 0.717) is 11.8 Å². The van der Waals surface area contributed by atoms with Gasteiger partial charge in [-0.25, -0.2) is 0 Å². The van der Waals surface area contributed by atoms with Crippen LogP contribution in [0, 0.1) is 11.8 Å². The summed E-state index contributed by atoms with van der Waals surface area (Å²) in [6.45, 7) is 6.53. The van der Waals surface area contributed by atoms with Gasteiger partial charge < -0.3 is 4.74 Å². The maximum atomic E-state index is 5.65. The zero-order valence-electron chi connectivity index (χ0n) is 10.7. The van der Waals surface area contributed by atoms with Gasteiger partial charge in [-0.15, -0.1) is 0 Å². The van der Waals surface area contributed by atoms with Crippen LogP contribution in [0.5, 0.6) is 5.75 Å². The number of hydrogen-bond acceptors (Lipinski definition) is 4. The topological polar surface area (TPSA) is 65.1 Å². The second-order valence-electron chi connectivity index (χ2n) is 4.47. The zero-order chi connectivity index (χ0) is 12.3. The third-order valence-electron chi connectivity index (χ3n) is 3.22. The Morgan fingerprint density at radius 2 is 2.06 bits per heavy atom. The second kappa shape index (κ2) is 5.32. The van der Waals surface area contributed by atoms with Crippen LogP contribution < -0.4 is 16.0 Å². The van der Waals surface area contributed by atoms with Gasteiger partial charge >= 0.3 is 0 Å². The van der Waals surface area contributed by atoms with Crippen molar-refractivity contribution in [2.75, 3.05) is 7.11 Å².